The number of pyridine rings is 1. The molecule has 1 atom stereocenters. The molecule has 1 amide bonds. The third-order valence-corrected chi connectivity index (χ3v) is 7.61. The van der Waals surface area contributed by atoms with Crippen molar-refractivity contribution in [1.82, 2.24) is 9.88 Å². The summed E-state index contributed by atoms with van der Waals surface area (Å²) in [6, 6.07) is 12.4. The number of rotatable bonds is 5. The number of benzene rings is 1. The van der Waals surface area contributed by atoms with Gasteiger partial charge in [-0.3, -0.25) is 9.69 Å². The van der Waals surface area contributed by atoms with Gasteiger partial charge >= 0.3 is 0 Å². The van der Waals surface area contributed by atoms with Crippen LogP contribution in [-0.4, -0.2) is 60.7 Å². The molecule has 2 aliphatic heterocycles. The molecule has 0 radical (unpaired) electrons. The van der Waals surface area contributed by atoms with Crippen molar-refractivity contribution in [1.29, 1.82) is 0 Å². The van der Waals surface area contributed by atoms with Crippen LogP contribution in [0.25, 0.3) is 0 Å². The lowest BCUT2D eigenvalue weighted by Gasteiger charge is -2.35. The van der Waals surface area contributed by atoms with Crippen molar-refractivity contribution in [2.45, 2.75) is 44.1 Å². The van der Waals surface area contributed by atoms with Crippen molar-refractivity contribution in [2.75, 3.05) is 49.6 Å². The van der Waals surface area contributed by atoms with Crippen molar-refractivity contribution >= 4 is 17.4 Å². The highest BCUT2D eigenvalue weighted by Gasteiger charge is 2.36. The topological polar surface area (TPSA) is 59.9 Å². The summed E-state index contributed by atoms with van der Waals surface area (Å²) >= 11 is 0. The average Bonchev–Trinajstić information content (AvgIpc) is 3.42. The van der Waals surface area contributed by atoms with E-state index in [0.717, 1.165) is 70.3 Å². The molecule has 1 aliphatic carbocycles. The minimum absolute atomic E-state index is 0.0101. The number of carbonyl (C=O) groups is 1. The number of aliphatic hydroxyl groups is 1. The van der Waals surface area contributed by atoms with Crippen LogP contribution in [0, 0.1) is 5.92 Å². The van der Waals surface area contributed by atoms with Crippen molar-refractivity contribution < 1.29 is 9.90 Å². The van der Waals surface area contributed by atoms with Gasteiger partial charge in [-0.15, -0.1) is 0 Å². The summed E-state index contributed by atoms with van der Waals surface area (Å²) in [7, 11) is 2.17. The fourth-order valence-corrected chi connectivity index (χ4v) is 5.53. The van der Waals surface area contributed by atoms with Crippen LogP contribution in [0.1, 0.15) is 43.2 Å². The van der Waals surface area contributed by atoms with E-state index in [0.29, 0.717) is 12.4 Å². The monoisotopic (exact) mass is 434 g/mol. The summed E-state index contributed by atoms with van der Waals surface area (Å²) in [5, 5.41) is 10.8. The van der Waals surface area contributed by atoms with E-state index in [9.17, 15) is 9.90 Å². The van der Waals surface area contributed by atoms with Crippen LogP contribution in [0.15, 0.2) is 42.6 Å². The first-order valence-corrected chi connectivity index (χ1v) is 12.1. The Morgan fingerprint density at radius 1 is 1.03 bits per heavy atom. The average molecular weight is 435 g/mol. The molecular formula is C26H34N4O2. The molecule has 2 aromatic rings. The summed E-state index contributed by atoms with van der Waals surface area (Å²) in [6.07, 6.45) is 7.10. The van der Waals surface area contributed by atoms with Gasteiger partial charge in [-0.2, -0.15) is 0 Å². The van der Waals surface area contributed by atoms with E-state index in [-0.39, 0.29) is 11.8 Å². The number of carbonyl (C=O) groups excluding carboxylic acids is 1. The van der Waals surface area contributed by atoms with Gasteiger partial charge in [-0.25, -0.2) is 4.98 Å². The van der Waals surface area contributed by atoms with Gasteiger partial charge in [-0.1, -0.05) is 37.1 Å². The molecule has 1 aromatic carbocycles. The van der Waals surface area contributed by atoms with Crippen LogP contribution in [0.4, 0.5) is 11.5 Å². The van der Waals surface area contributed by atoms with E-state index in [4.69, 9.17) is 0 Å². The van der Waals surface area contributed by atoms with Gasteiger partial charge in [0.15, 0.2) is 0 Å². The van der Waals surface area contributed by atoms with Gasteiger partial charge < -0.3 is 14.9 Å². The molecule has 6 nitrogen and oxygen atoms in total. The molecule has 2 saturated heterocycles. The predicted molar refractivity (Wildman–Crippen MR) is 127 cm³/mol. The standard InChI is InChI=1S/C26H34N4O2/c1-28-14-16-29(17-15-28)23-7-3-2-6-20(23)18-21-10-13-30(25(21)31)24-9-8-22(19-27-24)26(32)11-4-5-12-26/h2-3,6-9,19,21,32H,4-5,10-18H2,1H3/t21-/m0/s1. The van der Waals surface area contributed by atoms with E-state index in [1.807, 2.05) is 17.0 Å². The van der Waals surface area contributed by atoms with Crippen molar-refractivity contribution in [3.05, 3.63) is 53.7 Å². The molecule has 3 aliphatic rings. The molecular weight excluding hydrogens is 400 g/mol. The molecule has 0 bridgehead atoms. The molecule has 1 saturated carbocycles. The van der Waals surface area contributed by atoms with Gasteiger partial charge in [0.25, 0.3) is 0 Å². The molecule has 0 unspecified atom stereocenters. The minimum Gasteiger partial charge on any atom is -0.385 e. The molecule has 1 aromatic heterocycles. The number of aromatic nitrogens is 1. The normalized spacial score (nSPS) is 23.8. The molecule has 0 spiro atoms. The Bertz CT molecular complexity index is 947. The first-order chi connectivity index (χ1) is 15.5. The van der Waals surface area contributed by atoms with Crippen LogP contribution in [0.2, 0.25) is 0 Å². The molecule has 6 heteroatoms. The van der Waals surface area contributed by atoms with Crippen molar-refractivity contribution in [2.24, 2.45) is 5.92 Å². The van der Waals surface area contributed by atoms with Crippen molar-refractivity contribution in [3.63, 3.8) is 0 Å². The van der Waals surface area contributed by atoms with Gasteiger partial charge in [-0.05, 0) is 50.4 Å². The number of nitrogens with zero attached hydrogens (tertiary/aromatic N) is 4. The second kappa shape index (κ2) is 8.83. The highest BCUT2D eigenvalue weighted by atomic mass is 16.3. The number of piperazine rings is 1. The van der Waals surface area contributed by atoms with Gasteiger partial charge in [0.1, 0.15) is 5.82 Å². The van der Waals surface area contributed by atoms with Crippen LogP contribution in [0.5, 0.6) is 0 Å². The highest BCUT2D eigenvalue weighted by Crippen LogP contribution is 2.39. The molecule has 170 valence electrons. The zero-order valence-corrected chi connectivity index (χ0v) is 19.0. The zero-order chi connectivity index (χ0) is 22.1. The summed E-state index contributed by atoms with van der Waals surface area (Å²) in [6.45, 7) is 4.90. The first kappa shape index (κ1) is 21.4. The maximum Gasteiger partial charge on any atom is 0.231 e. The molecule has 3 fully saturated rings. The van der Waals surface area contributed by atoms with Crippen LogP contribution < -0.4 is 9.80 Å². The molecule has 3 heterocycles. The number of hydrogen-bond donors (Lipinski definition) is 1. The summed E-state index contributed by atoms with van der Waals surface area (Å²) in [5.74, 6) is 0.859. The molecule has 32 heavy (non-hydrogen) atoms. The van der Waals surface area contributed by atoms with Crippen LogP contribution in [-0.2, 0) is 16.8 Å². The number of hydrogen-bond acceptors (Lipinski definition) is 5. The van der Waals surface area contributed by atoms with E-state index >= 15 is 0 Å². The Morgan fingerprint density at radius 3 is 2.50 bits per heavy atom. The van der Waals surface area contributed by atoms with E-state index in [2.05, 4.69) is 46.1 Å². The second-order valence-electron chi connectivity index (χ2n) is 9.74. The fraction of sp³-hybridized carbons (Fsp3) is 0.538. The van der Waals surface area contributed by atoms with Crippen LogP contribution in [0.3, 0.4) is 0 Å². The lowest BCUT2D eigenvalue weighted by atomic mass is 9.94. The van der Waals surface area contributed by atoms with Gasteiger partial charge in [0, 0.05) is 56.1 Å². The number of para-hydroxylation sites is 1. The third-order valence-electron chi connectivity index (χ3n) is 7.61. The Hall–Kier alpha value is -2.44. The number of likely N-dealkylation sites (N-methyl/N-ethyl adjacent to an activating group) is 1. The maximum atomic E-state index is 13.3. The number of amides is 1. The molecule has 5 rings (SSSR count). The Morgan fingerprint density at radius 2 is 1.78 bits per heavy atom. The SMILES string of the molecule is CN1CCN(c2ccccc2C[C@@H]2CCN(c3ccc(C4(O)CCCC4)cn3)C2=O)CC1. The van der Waals surface area contributed by atoms with Gasteiger partial charge in [0.05, 0.1) is 5.60 Å². The smallest absolute Gasteiger partial charge is 0.231 e. The fourth-order valence-electron chi connectivity index (χ4n) is 5.53. The Balaban J connectivity index is 1.27. The molecule has 1 N–H and O–H groups in total. The minimum atomic E-state index is -0.740. The zero-order valence-electron chi connectivity index (χ0n) is 19.0. The Kier molecular flexibility index (Phi) is 5.91. The summed E-state index contributed by atoms with van der Waals surface area (Å²) in [4.78, 5) is 24.5. The lowest BCUT2D eigenvalue weighted by Crippen LogP contribution is -2.44. The van der Waals surface area contributed by atoms with E-state index < -0.39 is 5.60 Å². The van der Waals surface area contributed by atoms with Crippen LogP contribution >= 0.6 is 0 Å². The maximum absolute atomic E-state index is 13.3. The summed E-state index contributed by atoms with van der Waals surface area (Å²) in [5.41, 5.74) is 2.68. The summed E-state index contributed by atoms with van der Waals surface area (Å²) < 4.78 is 0. The largest absolute Gasteiger partial charge is 0.385 e. The van der Waals surface area contributed by atoms with Crippen molar-refractivity contribution in [3.8, 4) is 0 Å². The quantitative estimate of drug-likeness (QED) is 0.783. The highest BCUT2D eigenvalue weighted by molar-refractivity contribution is 5.96. The third kappa shape index (κ3) is 4.14. The van der Waals surface area contributed by atoms with E-state index in [1.165, 1.54) is 11.3 Å². The second-order valence-corrected chi connectivity index (χ2v) is 9.74. The first-order valence-electron chi connectivity index (χ1n) is 12.1. The Labute approximate surface area is 190 Å². The number of anilines is 2. The predicted octanol–water partition coefficient (Wildman–Crippen LogP) is 3.19. The van der Waals surface area contributed by atoms with Gasteiger partial charge in [0.2, 0.25) is 5.91 Å². The van der Waals surface area contributed by atoms with E-state index in [1.54, 1.807) is 6.20 Å². The lowest BCUT2D eigenvalue weighted by molar-refractivity contribution is -0.120.